The van der Waals surface area contributed by atoms with E-state index in [0.29, 0.717) is 6.42 Å². The van der Waals surface area contributed by atoms with E-state index in [9.17, 15) is 4.79 Å². The maximum atomic E-state index is 11.6. The van der Waals surface area contributed by atoms with Crippen LogP contribution in [0.3, 0.4) is 0 Å². The average Bonchev–Trinajstić information content (AvgIpc) is 2.51. The first kappa shape index (κ1) is 24.4. The van der Waals surface area contributed by atoms with Crippen LogP contribution in [-0.4, -0.2) is 14.3 Å². The van der Waals surface area contributed by atoms with Gasteiger partial charge in [-0.15, -0.1) is 0 Å². The summed E-state index contributed by atoms with van der Waals surface area (Å²) < 4.78 is 5.46. The lowest BCUT2D eigenvalue weighted by molar-refractivity contribution is -0.135. The van der Waals surface area contributed by atoms with Crippen molar-refractivity contribution in [2.24, 2.45) is 5.92 Å². The lowest BCUT2D eigenvalue weighted by Gasteiger charge is -2.17. The zero-order valence-corrected chi connectivity index (χ0v) is 18.7. The third-order valence-corrected chi connectivity index (χ3v) is 5.24. The summed E-state index contributed by atoms with van der Waals surface area (Å²) >= 11 is 0. The van der Waals surface area contributed by atoms with E-state index in [4.69, 9.17) is 4.43 Å². The first-order valence-electron chi connectivity index (χ1n) is 10.7. The quantitative estimate of drug-likeness (QED) is 0.159. The van der Waals surface area contributed by atoms with Crippen molar-refractivity contribution in [2.75, 3.05) is 0 Å². The van der Waals surface area contributed by atoms with Gasteiger partial charge in [-0.3, -0.25) is 4.79 Å². The molecule has 0 bridgehead atoms. The van der Waals surface area contributed by atoms with Crippen LogP contribution in [0.5, 0.6) is 0 Å². The molecule has 0 aromatic heterocycles. The fourth-order valence-corrected chi connectivity index (χ4v) is 3.73. The second-order valence-corrected chi connectivity index (χ2v) is 12.9. The van der Waals surface area contributed by atoms with Gasteiger partial charge < -0.3 is 4.43 Å². The molecule has 1 atom stereocenters. The Morgan fingerprint density at radius 1 is 0.920 bits per heavy atom. The molecule has 3 heteroatoms. The summed E-state index contributed by atoms with van der Waals surface area (Å²) in [6, 6.07) is 0. The summed E-state index contributed by atoms with van der Waals surface area (Å²) in [6.45, 7) is 10.8. The van der Waals surface area contributed by atoms with E-state index in [-0.39, 0.29) is 5.97 Å². The Labute approximate surface area is 158 Å². The van der Waals surface area contributed by atoms with Gasteiger partial charge in [-0.05, 0) is 51.2 Å². The Kier molecular flexibility index (Phi) is 15.3. The minimum atomic E-state index is -1.69. The normalized spacial score (nSPS) is 13.3. The van der Waals surface area contributed by atoms with E-state index in [0.717, 1.165) is 18.8 Å². The zero-order valence-electron chi connectivity index (χ0n) is 17.7. The van der Waals surface area contributed by atoms with Crippen LogP contribution in [0.4, 0.5) is 0 Å². The summed E-state index contributed by atoms with van der Waals surface area (Å²) in [5.74, 6) is 0.745. The highest BCUT2D eigenvalue weighted by Gasteiger charge is 2.19. The van der Waals surface area contributed by atoms with E-state index in [2.05, 4.69) is 45.6 Å². The van der Waals surface area contributed by atoms with E-state index in [1.165, 1.54) is 64.2 Å². The fourth-order valence-electron chi connectivity index (χ4n) is 2.95. The molecule has 0 rings (SSSR count). The van der Waals surface area contributed by atoms with E-state index in [1.54, 1.807) is 0 Å². The molecule has 0 aliphatic carbocycles. The summed E-state index contributed by atoms with van der Waals surface area (Å²) in [5, 5.41) is 0. The number of allylic oxidation sites excluding steroid dienone is 2. The first-order valence-corrected chi connectivity index (χ1v) is 14.1. The molecule has 0 saturated heterocycles. The largest absolute Gasteiger partial charge is 0.520 e. The van der Waals surface area contributed by atoms with Gasteiger partial charge in [0.15, 0.2) is 0 Å². The maximum absolute atomic E-state index is 11.6. The fraction of sp³-hybridized carbons (Fsp3) is 0.864. The van der Waals surface area contributed by atoms with Crippen molar-refractivity contribution >= 4 is 14.3 Å². The highest BCUT2D eigenvalue weighted by Crippen LogP contribution is 2.15. The van der Waals surface area contributed by atoms with Crippen molar-refractivity contribution in [1.29, 1.82) is 0 Å². The second-order valence-electron chi connectivity index (χ2n) is 8.50. The molecule has 2 nitrogen and oxygen atoms in total. The molecular formula is C22H44O2Si. The lowest BCUT2D eigenvalue weighted by atomic mass is 10.0. The molecule has 0 spiro atoms. The average molecular weight is 369 g/mol. The van der Waals surface area contributed by atoms with Gasteiger partial charge >= 0.3 is 0 Å². The lowest BCUT2D eigenvalue weighted by Crippen LogP contribution is -2.28. The SMILES string of the molecule is CCCCCC=CC(C)CCCCCCCCCC(=O)O[Si](C)(C)C. The van der Waals surface area contributed by atoms with Crippen LogP contribution in [-0.2, 0) is 9.22 Å². The van der Waals surface area contributed by atoms with Crippen molar-refractivity contribution < 1.29 is 9.22 Å². The molecule has 1 unspecified atom stereocenters. The molecule has 25 heavy (non-hydrogen) atoms. The minimum absolute atomic E-state index is 0.0101. The Morgan fingerprint density at radius 2 is 1.52 bits per heavy atom. The van der Waals surface area contributed by atoms with Gasteiger partial charge in [-0.1, -0.05) is 77.4 Å². The Hall–Kier alpha value is -0.573. The molecule has 0 N–H and O–H groups in total. The van der Waals surface area contributed by atoms with Gasteiger partial charge in [0.1, 0.15) is 0 Å². The Bertz CT molecular complexity index is 344. The smallest absolute Gasteiger partial charge is 0.292 e. The van der Waals surface area contributed by atoms with Crippen molar-refractivity contribution in [3.63, 3.8) is 0 Å². The molecule has 0 aromatic rings. The zero-order chi connectivity index (χ0) is 19.0. The van der Waals surface area contributed by atoms with Crippen LogP contribution in [0.2, 0.25) is 19.6 Å². The Morgan fingerprint density at radius 3 is 2.12 bits per heavy atom. The topological polar surface area (TPSA) is 26.3 Å². The number of hydrogen-bond donors (Lipinski definition) is 0. The van der Waals surface area contributed by atoms with Crippen molar-refractivity contribution in [1.82, 2.24) is 0 Å². The number of hydrogen-bond acceptors (Lipinski definition) is 2. The molecule has 0 amide bonds. The van der Waals surface area contributed by atoms with Gasteiger partial charge in [0.05, 0.1) is 0 Å². The number of carbonyl (C=O) groups excluding carboxylic acids is 1. The molecule has 0 aromatic carbocycles. The summed E-state index contributed by atoms with van der Waals surface area (Å²) in [7, 11) is -1.69. The molecule has 0 fully saturated rings. The van der Waals surface area contributed by atoms with Crippen LogP contribution in [0.15, 0.2) is 12.2 Å². The van der Waals surface area contributed by atoms with Crippen LogP contribution < -0.4 is 0 Å². The van der Waals surface area contributed by atoms with Gasteiger partial charge in [0, 0.05) is 6.42 Å². The van der Waals surface area contributed by atoms with Gasteiger partial charge in [-0.2, -0.15) is 0 Å². The van der Waals surface area contributed by atoms with Crippen molar-refractivity contribution in [3.05, 3.63) is 12.2 Å². The highest BCUT2D eigenvalue weighted by atomic mass is 28.4. The molecule has 0 aliphatic heterocycles. The number of unbranched alkanes of at least 4 members (excludes halogenated alkanes) is 9. The van der Waals surface area contributed by atoms with E-state index < -0.39 is 8.32 Å². The number of carbonyl (C=O) groups is 1. The molecular weight excluding hydrogens is 324 g/mol. The summed E-state index contributed by atoms with van der Waals surface area (Å²) in [5.41, 5.74) is 0. The molecule has 0 heterocycles. The van der Waals surface area contributed by atoms with Crippen LogP contribution in [0.1, 0.15) is 97.3 Å². The first-order chi connectivity index (χ1) is 11.8. The highest BCUT2D eigenvalue weighted by molar-refractivity contribution is 6.71. The predicted octanol–water partition coefficient (Wildman–Crippen LogP) is 7.65. The van der Waals surface area contributed by atoms with Gasteiger partial charge in [0.25, 0.3) is 5.97 Å². The van der Waals surface area contributed by atoms with Crippen LogP contribution in [0.25, 0.3) is 0 Å². The molecule has 0 saturated carbocycles. The minimum Gasteiger partial charge on any atom is -0.520 e. The second kappa shape index (κ2) is 15.7. The molecule has 148 valence electrons. The summed E-state index contributed by atoms with van der Waals surface area (Å²) in [4.78, 5) is 11.6. The predicted molar refractivity (Wildman–Crippen MR) is 113 cm³/mol. The number of rotatable bonds is 16. The van der Waals surface area contributed by atoms with E-state index >= 15 is 0 Å². The van der Waals surface area contributed by atoms with Gasteiger partial charge in [0.2, 0.25) is 8.32 Å². The monoisotopic (exact) mass is 368 g/mol. The summed E-state index contributed by atoms with van der Waals surface area (Å²) in [6.07, 6.45) is 20.8. The van der Waals surface area contributed by atoms with Crippen molar-refractivity contribution in [3.8, 4) is 0 Å². The maximum Gasteiger partial charge on any atom is 0.292 e. The third-order valence-electron chi connectivity index (χ3n) is 4.40. The van der Waals surface area contributed by atoms with Crippen LogP contribution in [0, 0.1) is 5.92 Å². The van der Waals surface area contributed by atoms with Gasteiger partial charge in [-0.25, -0.2) is 0 Å². The van der Waals surface area contributed by atoms with Crippen LogP contribution >= 0.6 is 0 Å². The standard InChI is InChI=1S/C22H44O2Si/c1-6-7-8-12-15-18-21(2)19-16-13-10-9-11-14-17-20-22(23)24-25(3,4)5/h15,18,21H,6-14,16-17,19-20H2,1-5H3. The third kappa shape index (κ3) is 19.6. The van der Waals surface area contributed by atoms with E-state index in [1.807, 2.05) is 0 Å². The van der Waals surface area contributed by atoms with Crippen molar-refractivity contribution in [2.45, 2.75) is 117 Å². The molecule has 0 radical (unpaired) electrons. The Balaban J connectivity index is 3.37. The molecule has 0 aliphatic rings.